The molecule has 30 heavy (non-hydrogen) atoms. The van der Waals surface area contributed by atoms with Crippen molar-refractivity contribution in [3.05, 3.63) is 35.0 Å². The number of amides is 2. The van der Waals surface area contributed by atoms with E-state index < -0.39 is 24.0 Å². The summed E-state index contributed by atoms with van der Waals surface area (Å²) in [5, 5.41) is 5.21. The van der Waals surface area contributed by atoms with Gasteiger partial charge < -0.3 is 29.6 Å². The Morgan fingerprint density at radius 2 is 1.63 bits per heavy atom. The van der Waals surface area contributed by atoms with Crippen molar-refractivity contribution in [3.8, 4) is 11.5 Å². The highest BCUT2D eigenvalue weighted by atomic mass is 16.5. The number of nitrogens with one attached hydrogen (secondary N) is 2. The number of hydrogen-bond acceptors (Lipinski definition) is 7. The lowest BCUT2D eigenvalue weighted by Crippen LogP contribution is -2.51. The van der Waals surface area contributed by atoms with Gasteiger partial charge in [-0.05, 0) is 45.4 Å². The lowest BCUT2D eigenvalue weighted by molar-refractivity contribution is -0.139. The third-order valence-electron chi connectivity index (χ3n) is 4.27. The summed E-state index contributed by atoms with van der Waals surface area (Å²) >= 11 is 0. The SMILES string of the molecule is CCOC(=O)C1=C(COC(=O)c2ccc(OCC)c(OCC)c2)NC(=O)N[C@@H]1CC. The van der Waals surface area contributed by atoms with Gasteiger partial charge >= 0.3 is 18.0 Å². The predicted molar refractivity (Wildman–Crippen MR) is 108 cm³/mol. The molecule has 0 unspecified atom stereocenters. The van der Waals surface area contributed by atoms with Crippen molar-refractivity contribution in [2.24, 2.45) is 0 Å². The summed E-state index contributed by atoms with van der Waals surface area (Å²) in [4.78, 5) is 36.9. The van der Waals surface area contributed by atoms with Gasteiger partial charge in [-0.25, -0.2) is 14.4 Å². The molecule has 1 aliphatic rings. The van der Waals surface area contributed by atoms with Crippen molar-refractivity contribution < 1.29 is 33.3 Å². The molecule has 0 aromatic heterocycles. The van der Waals surface area contributed by atoms with Crippen LogP contribution in [0.25, 0.3) is 0 Å². The number of esters is 2. The van der Waals surface area contributed by atoms with Gasteiger partial charge in [0.1, 0.15) is 6.61 Å². The number of urea groups is 1. The lowest BCUT2D eigenvalue weighted by Gasteiger charge is -2.28. The van der Waals surface area contributed by atoms with Crippen LogP contribution in [0.1, 0.15) is 44.5 Å². The third kappa shape index (κ3) is 5.65. The van der Waals surface area contributed by atoms with Crippen LogP contribution >= 0.6 is 0 Å². The Bertz CT molecular complexity index is 820. The first-order valence-corrected chi connectivity index (χ1v) is 9.99. The van der Waals surface area contributed by atoms with Gasteiger partial charge in [-0.2, -0.15) is 0 Å². The van der Waals surface area contributed by atoms with Crippen LogP contribution in [0.15, 0.2) is 29.5 Å². The van der Waals surface area contributed by atoms with Gasteiger partial charge in [-0.3, -0.25) is 0 Å². The Hall–Kier alpha value is -3.23. The van der Waals surface area contributed by atoms with Gasteiger partial charge in [-0.15, -0.1) is 0 Å². The van der Waals surface area contributed by atoms with E-state index in [1.165, 1.54) is 6.07 Å². The van der Waals surface area contributed by atoms with Crippen LogP contribution in [0.4, 0.5) is 4.79 Å². The fourth-order valence-electron chi connectivity index (χ4n) is 2.97. The topological polar surface area (TPSA) is 112 Å². The Labute approximate surface area is 175 Å². The summed E-state index contributed by atoms with van der Waals surface area (Å²) in [5.74, 6) is -0.237. The van der Waals surface area contributed by atoms with Crippen molar-refractivity contribution in [2.75, 3.05) is 26.4 Å². The van der Waals surface area contributed by atoms with Gasteiger partial charge in [0.25, 0.3) is 0 Å². The first-order valence-electron chi connectivity index (χ1n) is 9.99. The van der Waals surface area contributed by atoms with E-state index in [0.717, 1.165) is 0 Å². The quantitative estimate of drug-likeness (QED) is 0.560. The molecule has 0 fully saturated rings. The van der Waals surface area contributed by atoms with E-state index in [-0.39, 0.29) is 30.0 Å². The van der Waals surface area contributed by atoms with Crippen LogP contribution in [-0.4, -0.2) is 50.4 Å². The van der Waals surface area contributed by atoms with Gasteiger partial charge in [-0.1, -0.05) is 6.92 Å². The highest BCUT2D eigenvalue weighted by Gasteiger charge is 2.32. The second-order valence-electron chi connectivity index (χ2n) is 6.28. The minimum Gasteiger partial charge on any atom is -0.490 e. The number of hydrogen-bond donors (Lipinski definition) is 2. The van der Waals surface area contributed by atoms with Crippen LogP contribution in [0.2, 0.25) is 0 Å². The molecular weight excluding hydrogens is 392 g/mol. The van der Waals surface area contributed by atoms with E-state index in [2.05, 4.69) is 10.6 Å². The maximum atomic E-state index is 12.6. The van der Waals surface area contributed by atoms with E-state index in [1.54, 1.807) is 19.1 Å². The number of benzene rings is 1. The van der Waals surface area contributed by atoms with Gasteiger partial charge in [0.2, 0.25) is 0 Å². The molecular formula is C21H28N2O7. The molecule has 1 aliphatic heterocycles. The number of rotatable bonds is 10. The maximum absolute atomic E-state index is 12.6. The number of carbonyl (C=O) groups is 3. The molecule has 9 heteroatoms. The van der Waals surface area contributed by atoms with Gasteiger partial charge in [0, 0.05) is 0 Å². The van der Waals surface area contributed by atoms with Crippen molar-refractivity contribution >= 4 is 18.0 Å². The summed E-state index contributed by atoms with van der Waals surface area (Å²) in [6, 6.07) is 3.73. The van der Waals surface area contributed by atoms with E-state index in [0.29, 0.717) is 31.1 Å². The third-order valence-corrected chi connectivity index (χ3v) is 4.27. The summed E-state index contributed by atoms with van der Waals surface area (Å²) < 4.78 is 21.5. The maximum Gasteiger partial charge on any atom is 0.338 e. The summed E-state index contributed by atoms with van der Waals surface area (Å²) in [6.45, 7) is 7.97. The highest BCUT2D eigenvalue weighted by Crippen LogP contribution is 2.29. The van der Waals surface area contributed by atoms with E-state index in [1.807, 2.05) is 20.8 Å². The second kappa shape index (κ2) is 11.1. The minimum absolute atomic E-state index is 0.187. The molecule has 0 saturated heterocycles. The molecule has 2 N–H and O–H groups in total. The molecule has 0 radical (unpaired) electrons. The number of ether oxygens (including phenoxy) is 4. The van der Waals surface area contributed by atoms with Crippen molar-refractivity contribution in [1.82, 2.24) is 10.6 Å². The van der Waals surface area contributed by atoms with Crippen LogP contribution in [0, 0.1) is 0 Å². The Morgan fingerprint density at radius 3 is 2.27 bits per heavy atom. The van der Waals surface area contributed by atoms with Crippen LogP contribution in [-0.2, 0) is 14.3 Å². The predicted octanol–water partition coefficient (Wildman–Crippen LogP) is 2.55. The first kappa shape index (κ1) is 23.1. The van der Waals surface area contributed by atoms with Crippen molar-refractivity contribution in [1.29, 1.82) is 0 Å². The van der Waals surface area contributed by atoms with Crippen molar-refractivity contribution in [3.63, 3.8) is 0 Å². The second-order valence-corrected chi connectivity index (χ2v) is 6.28. The average Bonchev–Trinajstić information content (AvgIpc) is 2.73. The van der Waals surface area contributed by atoms with Crippen molar-refractivity contribution in [2.45, 2.75) is 40.2 Å². The molecule has 0 spiro atoms. The molecule has 1 atom stereocenters. The standard InChI is InChI=1S/C21H28N2O7/c1-5-14-18(20(25)29-8-4)15(23-21(26)22-14)12-30-19(24)13-9-10-16(27-6-2)17(11-13)28-7-3/h9-11,14H,5-8,12H2,1-4H3,(H2,22,23,26)/t14-/m1/s1. The van der Waals surface area contributed by atoms with E-state index in [9.17, 15) is 14.4 Å². The van der Waals surface area contributed by atoms with Crippen LogP contribution in [0.3, 0.4) is 0 Å². The normalized spacial score (nSPS) is 15.7. The highest BCUT2D eigenvalue weighted by molar-refractivity contribution is 5.95. The fourth-order valence-corrected chi connectivity index (χ4v) is 2.97. The largest absolute Gasteiger partial charge is 0.490 e. The number of carbonyl (C=O) groups excluding carboxylic acids is 3. The molecule has 0 bridgehead atoms. The molecule has 1 aromatic carbocycles. The summed E-state index contributed by atoms with van der Waals surface area (Å²) in [7, 11) is 0. The van der Waals surface area contributed by atoms with Crippen LogP contribution in [0.5, 0.6) is 11.5 Å². The Kier molecular flexibility index (Phi) is 8.52. The molecule has 2 amide bonds. The van der Waals surface area contributed by atoms with Crippen LogP contribution < -0.4 is 20.1 Å². The molecule has 0 saturated carbocycles. The Morgan fingerprint density at radius 1 is 0.933 bits per heavy atom. The first-order chi connectivity index (χ1) is 14.4. The lowest BCUT2D eigenvalue weighted by atomic mass is 10.0. The zero-order valence-corrected chi connectivity index (χ0v) is 17.7. The Balaban J connectivity index is 2.22. The molecule has 9 nitrogen and oxygen atoms in total. The average molecular weight is 420 g/mol. The monoisotopic (exact) mass is 420 g/mol. The zero-order chi connectivity index (χ0) is 22.1. The van der Waals surface area contributed by atoms with Gasteiger partial charge in [0.15, 0.2) is 11.5 Å². The van der Waals surface area contributed by atoms with Gasteiger partial charge in [0.05, 0.1) is 42.7 Å². The summed E-state index contributed by atoms with van der Waals surface area (Å²) in [5.41, 5.74) is 0.703. The smallest absolute Gasteiger partial charge is 0.338 e. The molecule has 2 rings (SSSR count). The van der Waals surface area contributed by atoms with E-state index >= 15 is 0 Å². The molecule has 164 valence electrons. The molecule has 1 aromatic rings. The molecule has 0 aliphatic carbocycles. The summed E-state index contributed by atoms with van der Waals surface area (Å²) in [6.07, 6.45) is 0.482. The minimum atomic E-state index is -0.629. The zero-order valence-electron chi connectivity index (χ0n) is 17.7. The van der Waals surface area contributed by atoms with E-state index in [4.69, 9.17) is 18.9 Å². The molecule has 1 heterocycles. The fraction of sp³-hybridized carbons (Fsp3) is 0.476.